The van der Waals surface area contributed by atoms with Gasteiger partial charge in [-0.2, -0.15) is 5.26 Å². The number of nitriles is 1. The fourth-order valence-corrected chi connectivity index (χ4v) is 0.750. The number of anilines is 1. The molecule has 0 radical (unpaired) electrons. The van der Waals surface area contributed by atoms with Crippen LogP contribution in [0.3, 0.4) is 0 Å². The predicted octanol–water partition coefficient (Wildman–Crippen LogP) is 1.47. The summed E-state index contributed by atoms with van der Waals surface area (Å²) < 4.78 is 24.1. The maximum atomic E-state index is 12.0. The van der Waals surface area contributed by atoms with Gasteiger partial charge in [0.05, 0.1) is 11.6 Å². The van der Waals surface area contributed by atoms with Crippen LogP contribution in [0.4, 0.5) is 14.6 Å². The molecule has 0 aliphatic rings. The van der Waals surface area contributed by atoms with Crippen molar-refractivity contribution in [2.75, 3.05) is 5.73 Å². The molecule has 1 aromatic rings. The van der Waals surface area contributed by atoms with Crippen LogP contribution < -0.4 is 5.73 Å². The number of hydrogen-bond donors (Lipinski definition) is 1. The quantitative estimate of drug-likeness (QED) is 0.692. The van der Waals surface area contributed by atoms with Gasteiger partial charge in [0.25, 0.3) is 6.43 Å². The van der Waals surface area contributed by atoms with E-state index in [1.807, 2.05) is 0 Å². The van der Waals surface area contributed by atoms with Gasteiger partial charge < -0.3 is 5.73 Å². The lowest BCUT2D eigenvalue weighted by atomic mass is 10.2. The molecule has 0 aliphatic carbocycles. The normalized spacial score (nSPS) is 9.83. The second kappa shape index (κ2) is 3.13. The van der Waals surface area contributed by atoms with Crippen LogP contribution in [0.2, 0.25) is 0 Å². The van der Waals surface area contributed by atoms with Gasteiger partial charge in [0.2, 0.25) is 0 Å². The number of rotatable bonds is 1. The minimum absolute atomic E-state index is 0.0654. The van der Waals surface area contributed by atoms with Gasteiger partial charge in [-0.1, -0.05) is 0 Å². The van der Waals surface area contributed by atoms with Crippen molar-refractivity contribution in [2.24, 2.45) is 0 Å². The second-order valence-corrected chi connectivity index (χ2v) is 2.12. The summed E-state index contributed by atoms with van der Waals surface area (Å²) in [6.45, 7) is 0. The monoisotopic (exact) mass is 169 g/mol. The van der Waals surface area contributed by atoms with Crippen LogP contribution in [-0.4, -0.2) is 4.98 Å². The zero-order valence-corrected chi connectivity index (χ0v) is 5.96. The molecule has 1 aromatic heterocycles. The average Bonchev–Trinajstić information content (AvgIpc) is 2.03. The molecule has 0 atom stereocenters. The predicted molar refractivity (Wildman–Crippen MR) is 38.3 cm³/mol. The SMILES string of the molecule is N#Cc1cc(N)nc(C(F)F)c1. The summed E-state index contributed by atoms with van der Waals surface area (Å²) in [6, 6.07) is 3.97. The number of halogens is 2. The van der Waals surface area contributed by atoms with E-state index < -0.39 is 12.1 Å². The molecule has 0 amide bonds. The van der Waals surface area contributed by atoms with Gasteiger partial charge in [-0.3, -0.25) is 0 Å². The lowest BCUT2D eigenvalue weighted by molar-refractivity contribution is 0.146. The Balaban J connectivity index is 3.17. The number of aromatic nitrogens is 1. The Labute approximate surface area is 67.4 Å². The molecule has 1 heterocycles. The fourth-order valence-electron chi connectivity index (χ4n) is 0.750. The van der Waals surface area contributed by atoms with Gasteiger partial charge in [0.15, 0.2) is 0 Å². The highest BCUT2D eigenvalue weighted by Gasteiger charge is 2.10. The lowest BCUT2D eigenvalue weighted by Crippen LogP contribution is -1.97. The Morgan fingerprint density at radius 1 is 1.50 bits per heavy atom. The molecule has 3 nitrogen and oxygen atoms in total. The first kappa shape index (κ1) is 8.40. The first-order valence-electron chi connectivity index (χ1n) is 3.09. The molecule has 62 valence electrons. The van der Waals surface area contributed by atoms with Gasteiger partial charge in [-0.15, -0.1) is 0 Å². The van der Waals surface area contributed by atoms with E-state index in [2.05, 4.69) is 4.98 Å². The van der Waals surface area contributed by atoms with Crippen molar-refractivity contribution in [2.45, 2.75) is 6.43 Å². The summed E-state index contributed by atoms with van der Waals surface area (Å²) in [7, 11) is 0. The van der Waals surface area contributed by atoms with Crippen molar-refractivity contribution < 1.29 is 8.78 Å². The van der Waals surface area contributed by atoms with E-state index in [4.69, 9.17) is 11.0 Å². The Hall–Kier alpha value is -1.70. The summed E-state index contributed by atoms with van der Waals surface area (Å²) >= 11 is 0. The van der Waals surface area contributed by atoms with Gasteiger partial charge >= 0.3 is 0 Å². The zero-order valence-electron chi connectivity index (χ0n) is 5.96. The van der Waals surface area contributed by atoms with Crippen LogP contribution in [0.5, 0.6) is 0 Å². The fraction of sp³-hybridized carbons (Fsp3) is 0.143. The first-order valence-corrected chi connectivity index (χ1v) is 3.09. The summed E-state index contributed by atoms with van der Waals surface area (Å²) in [5.41, 5.74) is 4.81. The standard InChI is InChI=1S/C7H5F2N3/c8-7(9)5-1-4(3-10)2-6(11)12-5/h1-2,7H,(H2,11,12). The number of nitrogens with two attached hydrogens (primary N) is 1. The van der Waals surface area contributed by atoms with E-state index in [1.165, 1.54) is 6.07 Å². The highest BCUT2D eigenvalue weighted by molar-refractivity contribution is 5.41. The minimum atomic E-state index is -2.69. The van der Waals surface area contributed by atoms with Crippen LogP contribution in [0, 0.1) is 11.3 Å². The molecule has 0 aliphatic heterocycles. The van der Waals surface area contributed by atoms with E-state index in [0.29, 0.717) is 0 Å². The molecular formula is C7H5F2N3. The maximum absolute atomic E-state index is 12.0. The van der Waals surface area contributed by atoms with E-state index in [-0.39, 0.29) is 11.4 Å². The van der Waals surface area contributed by atoms with Gasteiger partial charge in [0, 0.05) is 0 Å². The van der Waals surface area contributed by atoms with Crippen LogP contribution >= 0.6 is 0 Å². The molecule has 1 rings (SSSR count). The van der Waals surface area contributed by atoms with Crippen molar-refractivity contribution >= 4 is 5.82 Å². The molecule has 0 saturated heterocycles. The van der Waals surface area contributed by atoms with E-state index in [1.54, 1.807) is 6.07 Å². The van der Waals surface area contributed by atoms with Crippen LogP contribution in [0.25, 0.3) is 0 Å². The summed E-state index contributed by atoms with van der Waals surface area (Å²) in [4.78, 5) is 3.36. The minimum Gasteiger partial charge on any atom is -0.384 e. The summed E-state index contributed by atoms with van der Waals surface area (Å²) in [5.74, 6) is -0.0654. The topological polar surface area (TPSA) is 62.7 Å². The molecule has 0 bridgehead atoms. The Morgan fingerprint density at radius 3 is 2.67 bits per heavy atom. The molecule has 0 aromatic carbocycles. The first-order chi connectivity index (χ1) is 5.63. The number of pyridine rings is 1. The third-order valence-electron chi connectivity index (χ3n) is 1.22. The largest absolute Gasteiger partial charge is 0.384 e. The lowest BCUT2D eigenvalue weighted by Gasteiger charge is -1.99. The number of nitrogens with zero attached hydrogens (tertiary/aromatic N) is 2. The van der Waals surface area contributed by atoms with Crippen LogP contribution in [0.1, 0.15) is 17.7 Å². The van der Waals surface area contributed by atoms with E-state index in [0.717, 1.165) is 6.07 Å². The Bertz CT molecular complexity index is 330. The number of alkyl halides is 2. The highest BCUT2D eigenvalue weighted by atomic mass is 19.3. The third-order valence-corrected chi connectivity index (χ3v) is 1.22. The molecule has 0 fully saturated rings. The molecule has 0 unspecified atom stereocenters. The smallest absolute Gasteiger partial charge is 0.280 e. The Kier molecular flexibility index (Phi) is 2.19. The molecule has 0 spiro atoms. The van der Waals surface area contributed by atoms with Crippen LogP contribution in [0.15, 0.2) is 12.1 Å². The Morgan fingerprint density at radius 2 is 2.17 bits per heavy atom. The van der Waals surface area contributed by atoms with Gasteiger partial charge in [-0.05, 0) is 12.1 Å². The van der Waals surface area contributed by atoms with Crippen molar-refractivity contribution in [3.8, 4) is 6.07 Å². The third kappa shape index (κ3) is 1.66. The summed E-state index contributed by atoms with van der Waals surface area (Å²) in [6.07, 6.45) is -2.69. The number of hydrogen-bond acceptors (Lipinski definition) is 3. The summed E-state index contributed by atoms with van der Waals surface area (Å²) in [5, 5.41) is 8.39. The molecule has 5 heteroatoms. The van der Waals surface area contributed by atoms with Crippen molar-refractivity contribution in [1.82, 2.24) is 4.98 Å². The van der Waals surface area contributed by atoms with Crippen LogP contribution in [-0.2, 0) is 0 Å². The maximum Gasteiger partial charge on any atom is 0.280 e. The zero-order chi connectivity index (χ0) is 9.14. The van der Waals surface area contributed by atoms with Crippen molar-refractivity contribution in [1.29, 1.82) is 5.26 Å². The van der Waals surface area contributed by atoms with Crippen molar-refractivity contribution in [3.63, 3.8) is 0 Å². The van der Waals surface area contributed by atoms with Gasteiger partial charge in [0.1, 0.15) is 11.5 Å². The second-order valence-electron chi connectivity index (χ2n) is 2.12. The highest BCUT2D eigenvalue weighted by Crippen LogP contribution is 2.18. The molecule has 2 N–H and O–H groups in total. The van der Waals surface area contributed by atoms with Crippen molar-refractivity contribution in [3.05, 3.63) is 23.4 Å². The van der Waals surface area contributed by atoms with E-state index in [9.17, 15) is 8.78 Å². The molecule has 0 saturated carbocycles. The van der Waals surface area contributed by atoms with E-state index >= 15 is 0 Å². The average molecular weight is 169 g/mol. The molecule has 12 heavy (non-hydrogen) atoms. The molecular weight excluding hydrogens is 164 g/mol. The van der Waals surface area contributed by atoms with Gasteiger partial charge in [-0.25, -0.2) is 13.8 Å². The number of nitrogen functional groups attached to an aromatic ring is 1.